The maximum absolute atomic E-state index is 12.1. The molecule has 21 heavy (non-hydrogen) atoms. The third-order valence-electron chi connectivity index (χ3n) is 3.66. The fourth-order valence-electron chi connectivity index (χ4n) is 1.87. The van der Waals surface area contributed by atoms with Crippen LogP contribution < -0.4 is 5.32 Å². The average molecular weight is 309 g/mol. The first-order chi connectivity index (χ1) is 9.71. The highest BCUT2D eigenvalue weighted by molar-refractivity contribution is 7.99. The fraction of sp³-hybridized carbons (Fsp3) is 0.500. The maximum Gasteiger partial charge on any atom is 0.314 e. The molecule has 1 rings (SSSR count). The summed E-state index contributed by atoms with van der Waals surface area (Å²) in [6.45, 7) is 6.17. The molecule has 0 aromatic heterocycles. The van der Waals surface area contributed by atoms with Gasteiger partial charge in [-0.25, -0.2) is 0 Å². The number of hydrogen-bond donors (Lipinski definition) is 2. The number of rotatable bonds is 7. The Hall–Kier alpha value is -1.49. The van der Waals surface area contributed by atoms with Crippen molar-refractivity contribution in [2.75, 3.05) is 12.8 Å². The van der Waals surface area contributed by atoms with Crippen LogP contribution in [0.5, 0.6) is 0 Å². The monoisotopic (exact) mass is 309 g/mol. The number of hydrogen-bond acceptors (Lipinski definition) is 3. The van der Waals surface area contributed by atoms with Crippen molar-refractivity contribution in [1.82, 2.24) is 5.32 Å². The summed E-state index contributed by atoms with van der Waals surface area (Å²) < 4.78 is -0.0674. The third-order valence-corrected chi connectivity index (χ3v) is 4.91. The second-order valence-corrected chi connectivity index (χ2v) is 7.43. The highest BCUT2D eigenvalue weighted by Gasteiger charge is 2.37. The van der Waals surface area contributed by atoms with Gasteiger partial charge in [-0.05, 0) is 32.6 Å². The zero-order chi connectivity index (χ0) is 16.1. The van der Waals surface area contributed by atoms with Gasteiger partial charge < -0.3 is 10.4 Å². The average Bonchev–Trinajstić information content (AvgIpc) is 2.46. The van der Waals surface area contributed by atoms with E-state index in [0.29, 0.717) is 12.1 Å². The first-order valence-electron chi connectivity index (χ1n) is 6.82. The molecule has 0 aliphatic carbocycles. The van der Waals surface area contributed by atoms with Crippen molar-refractivity contribution in [3.8, 4) is 0 Å². The molecule has 0 spiro atoms. The molecule has 0 radical (unpaired) electrons. The Balaban J connectivity index is 2.81. The van der Waals surface area contributed by atoms with Crippen LogP contribution in [0.3, 0.4) is 0 Å². The number of aliphatic carboxylic acids is 1. The molecule has 0 aliphatic heterocycles. The van der Waals surface area contributed by atoms with E-state index in [2.05, 4.69) is 5.32 Å². The molecule has 1 unspecified atom stereocenters. The lowest BCUT2D eigenvalue weighted by Crippen LogP contribution is -2.42. The van der Waals surface area contributed by atoms with E-state index in [4.69, 9.17) is 0 Å². The standard InChI is InChI=1S/C16H23NO3S/c1-15(2,21-4)11-17-13(18)10-16(3,14(19)20)12-8-6-5-7-9-12/h5-9H,10-11H2,1-4H3,(H,17,18)(H,19,20). The highest BCUT2D eigenvalue weighted by Crippen LogP contribution is 2.28. The van der Waals surface area contributed by atoms with Crippen LogP contribution in [-0.4, -0.2) is 34.5 Å². The summed E-state index contributed by atoms with van der Waals surface area (Å²) in [5.41, 5.74) is -0.578. The van der Waals surface area contributed by atoms with Gasteiger partial charge in [0.1, 0.15) is 0 Å². The van der Waals surface area contributed by atoms with Crippen LogP contribution in [-0.2, 0) is 15.0 Å². The molecule has 1 amide bonds. The van der Waals surface area contributed by atoms with Gasteiger partial charge in [-0.15, -0.1) is 0 Å². The van der Waals surface area contributed by atoms with Crippen molar-refractivity contribution >= 4 is 23.6 Å². The Morgan fingerprint density at radius 3 is 2.24 bits per heavy atom. The van der Waals surface area contributed by atoms with Gasteiger partial charge >= 0.3 is 5.97 Å². The van der Waals surface area contributed by atoms with E-state index in [0.717, 1.165) is 0 Å². The largest absolute Gasteiger partial charge is 0.481 e. The second kappa shape index (κ2) is 6.98. The Morgan fingerprint density at radius 1 is 1.19 bits per heavy atom. The summed E-state index contributed by atoms with van der Waals surface area (Å²) in [6.07, 6.45) is 1.91. The predicted octanol–water partition coefficient (Wildman–Crippen LogP) is 2.68. The van der Waals surface area contributed by atoms with Gasteiger partial charge in [0.15, 0.2) is 0 Å². The second-order valence-electron chi connectivity index (χ2n) is 5.92. The number of amides is 1. The van der Waals surface area contributed by atoms with E-state index in [-0.39, 0.29) is 17.1 Å². The highest BCUT2D eigenvalue weighted by atomic mass is 32.2. The van der Waals surface area contributed by atoms with Crippen LogP contribution in [0.4, 0.5) is 0 Å². The predicted molar refractivity (Wildman–Crippen MR) is 86.7 cm³/mol. The number of carboxylic acids is 1. The lowest BCUT2D eigenvalue weighted by atomic mass is 9.79. The summed E-state index contributed by atoms with van der Waals surface area (Å²) in [5.74, 6) is -1.24. The molecule has 116 valence electrons. The molecule has 0 fully saturated rings. The maximum atomic E-state index is 12.1. The molecule has 5 heteroatoms. The molecule has 2 N–H and O–H groups in total. The van der Waals surface area contributed by atoms with Gasteiger partial charge in [-0.3, -0.25) is 9.59 Å². The molecule has 0 aliphatic rings. The minimum absolute atomic E-state index is 0.0674. The zero-order valence-corrected chi connectivity index (χ0v) is 13.8. The Labute approximate surface area is 130 Å². The van der Waals surface area contributed by atoms with Crippen LogP contribution in [0.15, 0.2) is 30.3 Å². The molecule has 0 saturated heterocycles. The Morgan fingerprint density at radius 2 is 1.76 bits per heavy atom. The molecule has 0 saturated carbocycles. The fourth-order valence-corrected chi connectivity index (χ4v) is 2.09. The van der Waals surface area contributed by atoms with E-state index in [1.54, 1.807) is 43.0 Å². The summed E-state index contributed by atoms with van der Waals surface area (Å²) in [4.78, 5) is 23.7. The van der Waals surface area contributed by atoms with Crippen molar-refractivity contribution in [1.29, 1.82) is 0 Å². The molecule has 1 aromatic carbocycles. The lowest BCUT2D eigenvalue weighted by Gasteiger charge is -2.27. The van der Waals surface area contributed by atoms with Crippen molar-refractivity contribution in [2.45, 2.75) is 37.4 Å². The zero-order valence-electron chi connectivity index (χ0n) is 13.0. The first-order valence-corrected chi connectivity index (χ1v) is 8.04. The van der Waals surface area contributed by atoms with Crippen LogP contribution in [0.25, 0.3) is 0 Å². The Kier molecular flexibility index (Phi) is 5.84. The van der Waals surface area contributed by atoms with Gasteiger partial charge in [-0.1, -0.05) is 30.3 Å². The smallest absolute Gasteiger partial charge is 0.314 e. The first kappa shape index (κ1) is 17.6. The number of carboxylic acid groups (broad SMARTS) is 1. The summed E-state index contributed by atoms with van der Waals surface area (Å²) >= 11 is 1.66. The van der Waals surface area contributed by atoms with Crippen molar-refractivity contribution in [3.05, 3.63) is 35.9 Å². The summed E-state index contributed by atoms with van der Waals surface area (Å²) in [7, 11) is 0. The van der Waals surface area contributed by atoms with E-state index < -0.39 is 11.4 Å². The van der Waals surface area contributed by atoms with E-state index in [1.165, 1.54) is 0 Å². The minimum atomic E-state index is -1.21. The molecular weight excluding hydrogens is 286 g/mol. The summed E-state index contributed by atoms with van der Waals surface area (Å²) in [5, 5.41) is 12.4. The van der Waals surface area contributed by atoms with Crippen LogP contribution in [0.2, 0.25) is 0 Å². The number of carbonyl (C=O) groups is 2. The van der Waals surface area contributed by atoms with Gasteiger partial charge in [-0.2, -0.15) is 11.8 Å². The van der Waals surface area contributed by atoms with Gasteiger partial charge in [0.2, 0.25) is 5.91 Å². The van der Waals surface area contributed by atoms with Crippen molar-refractivity contribution < 1.29 is 14.7 Å². The third kappa shape index (κ3) is 4.77. The minimum Gasteiger partial charge on any atom is -0.481 e. The van der Waals surface area contributed by atoms with Crippen LogP contribution >= 0.6 is 11.8 Å². The van der Waals surface area contributed by atoms with E-state index in [1.807, 2.05) is 26.2 Å². The number of benzene rings is 1. The van der Waals surface area contributed by atoms with Crippen molar-refractivity contribution in [2.24, 2.45) is 0 Å². The number of thioether (sulfide) groups is 1. The molecule has 4 nitrogen and oxygen atoms in total. The van der Waals surface area contributed by atoms with Crippen molar-refractivity contribution in [3.63, 3.8) is 0 Å². The van der Waals surface area contributed by atoms with E-state index in [9.17, 15) is 14.7 Å². The number of nitrogens with one attached hydrogen (secondary N) is 1. The summed E-state index contributed by atoms with van der Waals surface area (Å²) in [6, 6.07) is 8.88. The Bertz CT molecular complexity index is 502. The van der Waals surface area contributed by atoms with Gasteiger partial charge in [0, 0.05) is 17.7 Å². The molecule has 0 bridgehead atoms. The molecule has 1 aromatic rings. The molecular formula is C16H23NO3S. The van der Waals surface area contributed by atoms with Crippen LogP contribution in [0, 0.1) is 0 Å². The molecule has 1 atom stereocenters. The quantitative estimate of drug-likeness (QED) is 0.812. The normalized spacial score (nSPS) is 14.3. The number of carbonyl (C=O) groups excluding carboxylic acids is 1. The lowest BCUT2D eigenvalue weighted by molar-refractivity contribution is -0.145. The molecule has 0 heterocycles. The SMILES string of the molecule is CSC(C)(C)CNC(=O)CC(C)(C(=O)O)c1ccccc1. The van der Waals surface area contributed by atoms with Gasteiger partial charge in [0.05, 0.1) is 5.41 Å². The topological polar surface area (TPSA) is 66.4 Å². The van der Waals surface area contributed by atoms with E-state index >= 15 is 0 Å². The van der Waals surface area contributed by atoms with Gasteiger partial charge in [0.25, 0.3) is 0 Å². The van der Waals surface area contributed by atoms with Crippen LogP contribution in [0.1, 0.15) is 32.8 Å².